The zero-order valence-corrected chi connectivity index (χ0v) is 33.7. The zero-order chi connectivity index (χ0) is 40.8. The first-order chi connectivity index (χ1) is 26.5. The first-order valence-electron chi connectivity index (χ1n) is 18.0. The molecule has 5 rings (SSSR count). The molecule has 1 aromatic heterocycles. The second-order valence-electron chi connectivity index (χ2n) is 13.8. The van der Waals surface area contributed by atoms with Gasteiger partial charge in [0.15, 0.2) is 12.4 Å². The fourth-order valence-corrected chi connectivity index (χ4v) is 9.08. The smallest absolute Gasteiger partial charge is 0.463 e. The second kappa shape index (κ2) is 18.5. The van der Waals surface area contributed by atoms with E-state index in [1.807, 2.05) is 18.2 Å². The van der Waals surface area contributed by atoms with Gasteiger partial charge in [-0.15, -0.1) is 0 Å². The number of ether oxygens (including phenoxy) is 8. The van der Waals surface area contributed by atoms with Gasteiger partial charge in [0, 0.05) is 33.6 Å². The molecule has 10 atom stereocenters. The molecule has 16 nitrogen and oxygen atoms in total. The minimum atomic E-state index is -1.37. The van der Waals surface area contributed by atoms with Crippen molar-refractivity contribution in [2.45, 2.75) is 104 Å². The van der Waals surface area contributed by atoms with Crippen molar-refractivity contribution in [2.75, 3.05) is 13.2 Å². The number of nitrogens with zero attached hydrogens (tertiary/aromatic N) is 1. The third-order valence-electron chi connectivity index (χ3n) is 9.50. The van der Waals surface area contributed by atoms with E-state index >= 15 is 0 Å². The molecule has 0 N–H and O–H groups in total. The van der Waals surface area contributed by atoms with E-state index < -0.39 is 90.7 Å². The molecule has 0 amide bonds. The van der Waals surface area contributed by atoms with Crippen molar-refractivity contribution >= 4 is 60.0 Å². The van der Waals surface area contributed by atoms with Gasteiger partial charge in [0.2, 0.25) is 0 Å². The van der Waals surface area contributed by atoms with Crippen LogP contribution in [-0.2, 0) is 61.9 Å². The summed E-state index contributed by atoms with van der Waals surface area (Å²) in [6.07, 6.45) is -9.05. The molecular formula is C39H45NO15Se. The summed E-state index contributed by atoms with van der Waals surface area (Å²) in [5.41, 5.74) is 0.860. The van der Waals surface area contributed by atoms with Crippen LogP contribution in [0.2, 0.25) is 0 Å². The van der Waals surface area contributed by atoms with Gasteiger partial charge in [0.05, 0.1) is 0 Å². The summed E-state index contributed by atoms with van der Waals surface area (Å²) >= 11 is -0.260. The first kappa shape index (κ1) is 42.5. The molecule has 0 bridgehead atoms. The first-order valence-corrected chi connectivity index (χ1v) is 19.7. The van der Waals surface area contributed by atoms with Gasteiger partial charge in [-0.2, -0.15) is 0 Å². The number of hydrogen-bond donors (Lipinski definition) is 0. The molecule has 2 aromatic carbocycles. The molecule has 2 saturated heterocycles. The molecule has 302 valence electrons. The van der Waals surface area contributed by atoms with Crippen LogP contribution in [0.3, 0.4) is 0 Å². The predicted octanol–water partition coefficient (Wildman–Crippen LogP) is 2.69. The number of carbonyl (C=O) groups is 6. The van der Waals surface area contributed by atoms with Crippen LogP contribution in [0, 0.1) is 11.8 Å². The average molecular weight is 847 g/mol. The number of ketones is 1. The van der Waals surface area contributed by atoms with Crippen LogP contribution in [-0.4, -0.2) is 116 Å². The molecule has 0 aliphatic carbocycles. The predicted molar refractivity (Wildman–Crippen MR) is 196 cm³/mol. The van der Waals surface area contributed by atoms with Crippen LogP contribution in [0.5, 0.6) is 0 Å². The van der Waals surface area contributed by atoms with Gasteiger partial charge in [0.25, 0.3) is 0 Å². The van der Waals surface area contributed by atoms with E-state index in [2.05, 4.69) is 0 Å². The van der Waals surface area contributed by atoms with E-state index in [4.69, 9.17) is 37.9 Å². The van der Waals surface area contributed by atoms with E-state index in [1.54, 1.807) is 47.7 Å². The summed E-state index contributed by atoms with van der Waals surface area (Å²) in [5.74, 6) is -5.07. The van der Waals surface area contributed by atoms with Crippen molar-refractivity contribution < 1.29 is 66.7 Å². The molecule has 2 fully saturated rings. The Morgan fingerprint density at radius 1 is 0.643 bits per heavy atom. The number of benzene rings is 2. The molecular weight excluding hydrogens is 801 g/mol. The summed E-state index contributed by atoms with van der Waals surface area (Å²) < 4.78 is 49.2. The molecule has 56 heavy (non-hydrogen) atoms. The summed E-state index contributed by atoms with van der Waals surface area (Å²) in [6.45, 7) is 8.68. The fourth-order valence-electron chi connectivity index (χ4n) is 6.98. The van der Waals surface area contributed by atoms with Crippen LogP contribution < -0.4 is 5.56 Å². The normalized spacial score (nSPS) is 27.5. The maximum absolute atomic E-state index is 13.8. The van der Waals surface area contributed by atoms with Gasteiger partial charge in [-0.25, -0.2) is 0 Å². The molecule has 4 unspecified atom stereocenters. The van der Waals surface area contributed by atoms with Crippen molar-refractivity contribution in [1.82, 2.24) is 3.56 Å². The quantitative estimate of drug-likeness (QED) is 0.105. The molecule has 2 aliphatic heterocycles. The summed E-state index contributed by atoms with van der Waals surface area (Å²) in [7, 11) is 0. The van der Waals surface area contributed by atoms with Gasteiger partial charge in [-0.05, 0) is 0 Å². The Hall–Kier alpha value is -4.67. The molecule has 2 aliphatic rings. The Morgan fingerprint density at radius 2 is 1.16 bits per heavy atom. The molecule has 3 aromatic rings. The zero-order valence-electron chi connectivity index (χ0n) is 32.0. The van der Waals surface area contributed by atoms with Crippen LogP contribution in [0.1, 0.15) is 65.2 Å². The Kier molecular flexibility index (Phi) is 14.0. The Labute approximate surface area is 328 Å². The fraction of sp³-hybridized carbons (Fsp3) is 0.513. The number of carbonyl (C=O) groups excluding carboxylic acids is 6. The summed E-state index contributed by atoms with van der Waals surface area (Å²) in [5, 5.41) is 0.651. The third-order valence-corrected chi connectivity index (χ3v) is 11.8. The van der Waals surface area contributed by atoms with E-state index in [9.17, 15) is 33.6 Å². The van der Waals surface area contributed by atoms with Gasteiger partial charge >= 0.3 is 219 Å². The van der Waals surface area contributed by atoms with Crippen LogP contribution in [0.25, 0.3) is 15.3 Å². The van der Waals surface area contributed by atoms with Gasteiger partial charge in [-0.3, -0.25) is 19.2 Å². The molecule has 0 saturated carbocycles. The number of fused-ring (bicyclic) bond motifs is 1. The molecule has 3 heterocycles. The summed E-state index contributed by atoms with van der Waals surface area (Å²) in [6, 6.07) is 14.0. The number of aromatic nitrogens is 1. The Morgan fingerprint density at radius 3 is 1.71 bits per heavy atom. The number of Topliss-reactive ketones (excluding diaryl/α,β-unsaturated/α-hetero) is 1. The van der Waals surface area contributed by atoms with Gasteiger partial charge in [0.1, 0.15) is 18.8 Å². The molecule has 0 radical (unpaired) electrons. The topological polar surface area (TPSA) is 198 Å². The minimum absolute atomic E-state index is 0.111. The monoisotopic (exact) mass is 847 g/mol. The molecule has 0 spiro atoms. The van der Waals surface area contributed by atoms with Crippen molar-refractivity contribution in [3.8, 4) is 5.69 Å². The number of hydrogen-bond acceptors (Lipinski definition) is 15. The van der Waals surface area contributed by atoms with Crippen LogP contribution in [0.15, 0.2) is 53.3 Å². The standard InChI is InChI=1S/C39H45NO15Se/c1-19-34(50-23(5)43)30(16-29(46)26-12-14-27(15-13-26)40-38(47)28-10-8-9-11-33(28)56-40)53-31(17-48-21(3)41)36(19)55-39-37(52-25(7)45)20(2)35(51-24(6)44)32(54-39)18-49-22(4)42/h8-15,19-20,30-32,34-37,39H,16-18H2,1-7H3/t19-,20+,30+,31?,32?,34?,35-,36+,37?,39+/m1/s1. The number of esters is 5. The summed E-state index contributed by atoms with van der Waals surface area (Å²) in [4.78, 5) is 87.4. The van der Waals surface area contributed by atoms with Crippen molar-refractivity contribution in [2.24, 2.45) is 11.8 Å². The third kappa shape index (κ3) is 10.2. The van der Waals surface area contributed by atoms with Crippen LogP contribution >= 0.6 is 0 Å². The van der Waals surface area contributed by atoms with E-state index in [1.165, 1.54) is 34.6 Å². The second-order valence-corrected chi connectivity index (χ2v) is 15.8. The van der Waals surface area contributed by atoms with Crippen molar-refractivity contribution in [3.05, 3.63) is 64.4 Å². The Bertz CT molecular complexity index is 1990. The van der Waals surface area contributed by atoms with Gasteiger partial charge in [-0.1, -0.05) is 6.92 Å². The van der Waals surface area contributed by atoms with E-state index in [0.717, 1.165) is 4.26 Å². The number of rotatable bonds is 13. The Balaban J connectivity index is 1.41. The van der Waals surface area contributed by atoms with Crippen molar-refractivity contribution in [1.29, 1.82) is 0 Å². The van der Waals surface area contributed by atoms with Crippen molar-refractivity contribution in [3.63, 3.8) is 0 Å². The van der Waals surface area contributed by atoms with E-state index in [-0.39, 0.29) is 45.7 Å². The maximum atomic E-state index is 13.8. The average Bonchev–Trinajstić information content (AvgIpc) is 3.47. The van der Waals surface area contributed by atoms with E-state index in [0.29, 0.717) is 16.6 Å². The molecule has 17 heteroatoms. The van der Waals surface area contributed by atoms with Crippen LogP contribution in [0.4, 0.5) is 0 Å². The van der Waals surface area contributed by atoms with Gasteiger partial charge < -0.3 is 18.9 Å². The SMILES string of the molecule is CC(=O)OCC1O[C@@H](CC(=O)c2ccc(-n3[se]c4ccccc4c3=O)cc2)C(OC(C)=O)[C@@H](C)[C@@H]1O[C@@H]1OC(COC(C)=O)[C@H](OC(C)=O)[C@H](C)C1OC(C)=O. The minimum Gasteiger partial charge on any atom is -0.463 e.